The molecule has 0 aliphatic carbocycles. The number of hydrogen-bond acceptors (Lipinski definition) is 4. The van der Waals surface area contributed by atoms with Gasteiger partial charge in [0, 0.05) is 25.5 Å². The second-order valence-corrected chi connectivity index (χ2v) is 3.11. The van der Waals surface area contributed by atoms with Gasteiger partial charge in [-0.1, -0.05) is 0 Å². The van der Waals surface area contributed by atoms with Crippen LogP contribution in [0.4, 0.5) is 0 Å². The molecular weight excluding hydrogens is 178 g/mol. The first kappa shape index (κ1) is 9.15. The van der Waals surface area contributed by atoms with Gasteiger partial charge in [0.05, 0.1) is 18.9 Å². The zero-order chi connectivity index (χ0) is 9.64. The first-order valence-electron chi connectivity index (χ1n) is 4.73. The van der Waals surface area contributed by atoms with Gasteiger partial charge in [-0.25, -0.2) is 0 Å². The smallest absolute Gasteiger partial charge is 0.0871 e. The molecule has 0 atom stereocenters. The maximum atomic E-state index is 5.25. The molecule has 0 N–H and O–H groups in total. The van der Waals surface area contributed by atoms with Crippen LogP contribution in [0.15, 0.2) is 24.5 Å². The summed E-state index contributed by atoms with van der Waals surface area (Å²) in [6.45, 7) is 3.53. The van der Waals surface area contributed by atoms with E-state index in [0.717, 1.165) is 32.0 Å². The van der Waals surface area contributed by atoms with Crippen LogP contribution in [-0.2, 0) is 4.74 Å². The monoisotopic (exact) mass is 191 g/mol. The zero-order valence-corrected chi connectivity index (χ0v) is 7.97. The van der Waals surface area contributed by atoms with Crippen LogP contribution in [0.25, 0.3) is 6.08 Å². The van der Waals surface area contributed by atoms with Crippen LogP contribution < -0.4 is 0 Å². The molecule has 0 aromatic carbocycles. The molecule has 1 aliphatic heterocycles. The van der Waals surface area contributed by atoms with E-state index in [0.29, 0.717) is 0 Å². The number of nitrogens with zero attached hydrogens (tertiary/aromatic N) is 3. The normalized spacial score (nSPS) is 17.6. The first-order chi connectivity index (χ1) is 6.95. The topological polar surface area (TPSA) is 38.2 Å². The van der Waals surface area contributed by atoms with Gasteiger partial charge in [0.15, 0.2) is 0 Å². The molecular formula is C10H13N3O. The molecule has 1 aliphatic rings. The summed E-state index contributed by atoms with van der Waals surface area (Å²) in [6, 6.07) is 3.82. The molecule has 1 aromatic heterocycles. The molecule has 74 valence electrons. The molecule has 1 aromatic rings. The van der Waals surface area contributed by atoms with Crippen LogP contribution in [0.1, 0.15) is 5.69 Å². The Hall–Kier alpha value is -1.42. The average Bonchev–Trinajstić information content (AvgIpc) is 2.29. The Labute approximate surface area is 83.2 Å². The number of hydrogen-bond donors (Lipinski definition) is 0. The fraction of sp³-hybridized carbons (Fsp3) is 0.400. The minimum Gasteiger partial charge on any atom is -0.378 e. The SMILES string of the molecule is C(=C\N1CCOCC1)/c1cccnn1. The Bertz CT molecular complexity index is 293. The third-order valence-electron chi connectivity index (χ3n) is 2.09. The lowest BCUT2D eigenvalue weighted by Crippen LogP contribution is -2.31. The predicted molar refractivity (Wildman–Crippen MR) is 53.5 cm³/mol. The van der Waals surface area contributed by atoms with E-state index in [-0.39, 0.29) is 0 Å². The molecule has 1 fully saturated rings. The zero-order valence-electron chi connectivity index (χ0n) is 7.97. The van der Waals surface area contributed by atoms with Crippen LogP contribution in [0.5, 0.6) is 0 Å². The number of ether oxygens (including phenoxy) is 1. The highest BCUT2D eigenvalue weighted by Gasteiger charge is 2.04. The molecule has 2 heterocycles. The van der Waals surface area contributed by atoms with Gasteiger partial charge in [-0.05, 0) is 18.2 Å². The highest BCUT2D eigenvalue weighted by molar-refractivity contribution is 5.42. The van der Waals surface area contributed by atoms with E-state index in [4.69, 9.17) is 4.74 Å². The van der Waals surface area contributed by atoms with Crippen molar-refractivity contribution in [3.63, 3.8) is 0 Å². The standard InChI is InChI=1S/C10H13N3O/c1-2-10(12-11-4-1)3-5-13-6-8-14-9-7-13/h1-5H,6-9H2/b5-3+. The van der Waals surface area contributed by atoms with Crippen molar-refractivity contribution in [3.05, 3.63) is 30.2 Å². The lowest BCUT2D eigenvalue weighted by Gasteiger charge is -2.24. The second-order valence-electron chi connectivity index (χ2n) is 3.11. The number of rotatable bonds is 2. The van der Waals surface area contributed by atoms with E-state index < -0.39 is 0 Å². The summed E-state index contributed by atoms with van der Waals surface area (Å²) in [4.78, 5) is 2.22. The van der Waals surface area contributed by atoms with E-state index in [1.165, 1.54) is 0 Å². The van der Waals surface area contributed by atoms with Crippen molar-refractivity contribution in [2.24, 2.45) is 0 Å². The Morgan fingerprint density at radius 1 is 1.36 bits per heavy atom. The average molecular weight is 191 g/mol. The van der Waals surface area contributed by atoms with Gasteiger partial charge < -0.3 is 9.64 Å². The third kappa shape index (κ3) is 2.53. The lowest BCUT2D eigenvalue weighted by atomic mass is 10.3. The summed E-state index contributed by atoms with van der Waals surface area (Å²) in [5.41, 5.74) is 0.888. The van der Waals surface area contributed by atoms with Crippen molar-refractivity contribution in [2.75, 3.05) is 26.3 Å². The largest absolute Gasteiger partial charge is 0.378 e. The molecule has 0 unspecified atom stereocenters. The van der Waals surface area contributed by atoms with Gasteiger partial charge in [0.2, 0.25) is 0 Å². The van der Waals surface area contributed by atoms with Gasteiger partial charge >= 0.3 is 0 Å². The number of aromatic nitrogens is 2. The predicted octanol–water partition coefficient (Wildman–Crippen LogP) is 0.780. The summed E-state index contributed by atoms with van der Waals surface area (Å²) in [6.07, 6.45) is 5.69. The molecule has 0 spiro atoms. The minimum atomic E-state index is 0.810. The van der Waals surface area contributed by atoms with Crippen LogP contribution in [0, 0.1) is 0 Å². The third-order valence-corrected chi connectivity index (χ3v) is 2.09. The highest BCUT2D eigenvalue weighted by Crippen LogP contribution is 2.01. The number of morpholine rings is 1. The Kier molecular flexibility index (Phi) is 3.08. The Morgan fingerprint density at radius 3 is 2.93 bits per heavy atom. The van der Waals surface area contributed by atoms with Crippen molar-refractivity contribution in [2.45, 2.75) is 0 Å². The van der Waals surface area contributed by atoms with E-state index in [1.807, 2.05) is 24.4 Å². The van der Waals surface area contributed by atoms with Crippen molar-refractivity contribution < 1.29 is 4.74 Å². The van der Waals surface area contributed by atoms with E-state index in [9.17, 15) is 0 Å². The fourth-order valence-electron chi connectivity index (χ4n) is 1.31. The molecule has 0 saturated carbocycles. The lowest BCUT2D eigenvalue weighted by molar-refractivity contribution is 0.0597. The van der Waals surface area contributed by atoms with Crippen LogP contribution >= 0.6 is 0 Å². The molecule has 4 heteroatoms. The van der Waals surface area contributed by atoms with Gasteiger partial charge in [0.25, 0.3) is 0 Å². The molecule has 4 nitrogen and oxygen atoms in total. The first-order valence-corrected chi connectivity index (χ1v) is 4.73. The van der Waals surface area contributed by atoms with Crippen LogP contribution in [0.2, 0.25) is 0 Å². The van der Waals surface area contributed by atoms with Crippen molar-refractivity contribution in [1.82, 2.24) is 15.1 Å². The maximum Gasteiger partial charge on any atom is 0.0871 e. The summed E-state index contributed by atoms with van der Waals surface area (Å²) in [7, 11) is 0. The molecule has 1 saturated heterocycles. The minimum absolute atomic E-state index is 0.810. The summed E-state index contributed by atoms with van der Waals surface area (Å²) in [5.74, 6) is 0. The molecule has 0 bridgehead atoms. The molecule has 0 amide bonds. The second kappa shape index (κ2) is 4.72. The Morgan fingerprint density at radius 2 is 2.21 bits per heavy atom. The Balaban J connectivity index is 1.93. The van der Waals surface area contributed by atoms with Crippen molar-refractivity contribution >= 4 is 6.08 Å². The molecule has 2 rings (SSSR count). The van der Waals surface area contributed by atoms with E-state index in [2.05, 4.69) is 15.1 Å². The molecule has 0 radical (unpaired) electrons. The van der Waals surface area contributed by atoms with Gasteiger partial charge in [0.1, 0.15) is 0 Å². The van der Waals surface area contributed by atoms with Gasteiger partial charge in [-0.3, -0.25) is 0 Å². The van der Waals surface area contributed by atoms with Crippen molar-refractivity contribution in [1.29, 1.82) is 0 Å². The highest BCUT2D eigenvalue weighted by atomic mass is 16.5. The fourth-order valence-corrected chi connectivity index (χ4v) is 1.31. The quantitative estimate of drug-likeness (QED) is 0.692. The van der Waals surface area contributed by atoms with Crippen LogP contribution in [0.3, 0.4) is 0 Å². The van der Waals surface area contributed by atoms with Gasteiger partial charge in [-0.15, -0.1) is 0 Å². The summed E-state index contributed by atoms with van der Waals surface area (Å²) in [5, 5.41) is 7.77. The van der Waals surface area contributed by atoms with E-state index >= 15 is 0 Å². The van der Waals surface area contributed by atoms with Gasteiger partial charge in [-0.2, -0.15) is 10.2 Å². The molecule has 14 heavy (non-hydrogen) atoms. The van der Waals surface area contributed by atoms with Crippen molar-refractivity contribution in [3.8, 4) is 0 Å². The van der Waals surface area contributed by atoms with E-state index in [1.54, 1.807) is 6.20 Å². The summed E-state index contributed by atoms with van der Waals surface area (Å²) < 4.78 is 5.25. The maximum absolute atomic E-state index is 5.25. The summed E-state index contributed by atoms with van der Waals surface area (Å²) >= 11 is 0. The van der Waals surface area contributed by atoms with Crippen LogP contribution in [-0.4, -0.2) is 41.4 Å².